The van der Waals surface area contributed by atoms with Gasteiger partial charge in [-0.1, -0.05) is 0 Å². The Labute approximate surface area is 84.2 Å². The highest BCUT2D eigenvalue weighted by atomic mass is 32.1. The fraction of sp³-hybridized carbons (Fsp3) is 0.250. The van der Waals surface area contributed by atoms with Crippen molar-refractivity contribution in [2.45, 2.75) is 6.18 Å². The second-order valence-corrected chi connectivity index (χ2v) is 2.23. The lowest BCUT2D eigenvalue weighted by Crippen LogP contribution is -2.03. The van der Waals surface area contributed by atoms with E-state index in [9.17, 15) is 13.2 Å². The Morgan fingerprint density at radius 2 is 1.57 bits per heavy atom. The fourth-order valence-electron chi connectivity index (χ4n) is 0.780. The minimum atomic E-state index is -4.27. The number of methoxy groups -OCH3 is 1. The van der Waals surface area contributed by atoms with Crippen LogP contribution < -0.4 is 4.74 Å². The highest BCUT2D eigenvalue weighted by Gasteiger charge is 2.29. The van der Waals surface area contributed by atoms with E-state index in [4.69, 9.17) is 8.95 Å². The average Bonchev–Trinajstić information content (AvgIpc) is 2.20. The molecule has 1 aromatic carbocycles. The lowest BCUT2D eigenvalue weighted by atomic mass is 10.2. The van der Waals surface area contributed by atoms with Crippen molar-refractivity contribution < 1.29 is 22.1 Å². The van der Waals surface area contributed by atoms with Crippen LogP contribution in [0, 0.1) is 0 Å². The maximum absolute atomic E-state index is 12.0. The first-order valence-corrected chi connectivity index (χ1v) is 3.75. The van der Waals surface area contributed by atoms with Crippen LogP contribution in [0.4, 0.5) is 13.2 Å². The molecule has 6 heteroatoms. The smallest absolute Gasteiger partial charge is 0.416 e. The monoisotopic (exact) mass is 224 g/mol. The summed E-state index contributed by atoms with van der Waals surface area (Å²) in [6.07, 6.45) is -4.27. The second-order valence-electron chi connectivity index (χ2n) is 2.23. The molecule has 0 atom stereocenters. The molecule has 1 aromatic rings. The molecular formula is C8H7F3O2S. The number of hydrogen-bond acceptors (Lipinski definition) is 3. The molecule has 0 radical (unpaired) electrons. The largest absolute Gasteiger partial charge is 0.497 e. The van der Waals surface area contributed by atoms with Crippen LogP contribution in [0.3, 0.4) is 0 Å². The van der Waals surface area contributed by atoms with Gasteiger partial charge in [-0.2, -0.15) is 17.4 Å². The zero-order valence-electron chi connectivity index (χ0n) is 7.17. The van der Waals surface area contributed by atoms with Gasteiger partial charge in [0.25, 0.3) is 0 Å². The molecule has 0 bridgehead atoms. The molecule has 0 amide bonds. The topological polar surface area (TPSA) is 26.3 Å². The van der Waals surface area contributed by atoms with Crippen LogP contribution in [-0.4, -0.2) is 11.3 Å². The first-order valence-electron chi connectivity index (χ1n) is 3.42. The highest BCUT2D eigenvalue weighted by Crippen LogP contribution is 2.29. The molecule has 0 aliphatic rings. The van der Waals surface area contributed by atoms with Crippen molar-refractivity contribution in [2.24, 2.45) is 0 Å². The van der Waals surface area contributed by atoms with Gasteiger partial charge < -0.3 is 4.74 Å². The third-order valence-corrected chi connectivity index (χ3v) is 1.42. The summed E-state index contributed by atoms with van der Waals surface area (Å²) < 4.78 is 48.5. The summed E-state index contributed by atoms with van der Waals surface area (Å²) in [5.41, 5.74) is -0.664. The lowest BCUT2D eigenvalue weighted by Gasteiger charge is -2.06. The summed E-state index contributed by atoms with van der Waals surface area (Å²) >= 11 is 2.83. The molecule has 0 spiro atoms. The SMILES string of the molecule is COc1ccc(C(F)(F)F)cc1.O=S. The second kappa shape index (κ2) is 5.54. The van der Waals surface area contributed by atoms with Gasteiger partial charge in [0, 0.05) is 0 Å². The van der Waals surface area contributed by atoms with Crippen molar-refractivity contribution in [2.75, 3.05) is 7.11 Å². The third-order valence-electron chi connectivity index (χ3n) is 1.42. The van der Waals surface area contributed by atoms with Crippen LogP contribution in [0.2, 0.25) is 0 Å². The van der Waals surface area contributed by atoms with Crippen LogP contribution in [-0.2, 0) is 18.7 Å². The van der Waals surface area contributed by atoms with Crippen molar-refractivity contribution >= 4 is 12.5 Å². The van der Waals surface area contributed by atoms with Crippen molar-refractivity contribution in [3.63, 3.8) is 0 Å². The van der Waals surface area contributed by atoms with Gasteiger partial charge in [-0.15, -0.1) is 0 Å². The van der Waals surface area contributed by atoms with Crippen molar-refractivity contribution in [1.82, 2.24) is 0 Å². The van der Waals surface area contributed by atoms with Crippen LogP contribution >= 0.6 is 0 Å². The molecule has 0 aliphatic heterocycles. The molecule has 1 rings (SSSR count). The molecule has 0 saturated carbocycles. The van der Waals surface area contributed by atoms with Gasteiger partial charge in [0.15, 0.2) is 12.5 Å². The molecule has 0 aliphatic carbocycles. The van der Waals surface area contributed by atoms with Crippen molar-refractivity contribution in [3.05, 3.63) is 29.8 Å². The number of halogens is 3. The van der Waals surface area contributed by atoms with Crippen LogP contribution in [0.25, 0.3) is 0 Å². The predicted octanol–water partition coefficient (Wildman–Crippen LogP) is 2.38. The molecule has 14 heavy (non-hydrogen) atoms. The van der Waals surface area contributed by atoms with Gasteiger partial charge in [-0.3, -0.25) is 0 Å². The summed E-state index contributed by atoms with van der Waals surface area (Å²) in [6, 6.07) is 4.53. The lowest BCUT2D eigenvalue weighted by molar-refractivity contribution is -0.137. The first kappa shape index (κ1) is 12.8. The first-order chi connectivity index (χ1) is 6.54. The third kappa shape index (κ3) is 3.69. The Kier molecular flexibility index (Phi) is 5.07. The molecule has 0 aromatic heterocycles. The summed E-state index contributed by atoms with van der Waals surface area (Å²) in [5, 5.41) is 0. The van der Waals surface area contributed by atoms with Gasteiger partial charge in [-0.25, -0.2) is 0 Å². The maximum Gasteiger partial charge on any atom is 0.416 e. The molecule has 0 heterocycles. The van der Waals surface area contributed by atoms with E-state index >= 15 is 0 Å². The van der Waals surface area contributed by atoms with E-state index in [0.717, 1.165) is 12.1 Å². The van der Waals surface area contributed by atoms with Crippen LogP contribution in [0.1, 0.15) is 5.56 Å². The maximum atomic E-state index is 12.0. The minimum Gasteiger partial charge on any atom is -0.497 e. The standard InChI is InChI=1S/C8H7F3O.OS/c1-12-7-4-2-6(3-5-7)8(9,10)11;1-2/h2-5H,1H3;. The molecule has 0 N–H and O–H groups in total. The summed E-state index contributed by atoms with van der Waals surface area (Å²) in [5.74, 6) is 0.419. The Hall–Kier alpha value is -1.17. The quantitative estimate of drug-likeness (QED) is 0.732. The van der Waals surface area contributed by atoms with E-state index in [0.29, 0.717) is 5.75 Å². The van der Waals surface area contributed by atoms with Gasteiger partial charge >= 0.3 is 6.18 Å². The fourth-order valence-corrected chi connectivity index (χ4v) is 0.780. The highest BCUT2D eigenvalue weighted by molar-refractivity contribution is 7.44. The Bertz CT molecular complexity index is 271. The van der Waals surface area contributed by atoms with Crippen LogP contribution in [0.15, 0.2) is 24.3 Å². The van der Waals surface area contributed by atoms with E-state index in [-0.39, 0.29) is 0 Å². The summed E-state index contributed by atoms with van der Waals surface area (Å²) in [6.45, 7) is 0. The Morgan fingerprint density at radius 1 is 1.14 bits per heavy atom. The number of rotatable bonds is 1. The van der Waals surface area contributed by atoms with Crippen molar-refractivity contribution in [3.8, 4) is 5.75 Å². The van der Waals surface area contributed by atoms with Crippen molar-refractivity contribution in [1.29, 1.82) is 0 Å². The normalized spacial score (nSPS) is 10.0. The average molecular weight is 224 g/mol. The van der Waals surface area contributed by atoms with Gasteiger partial charge in [0.05, 0.1) is 12.7 Å². The molecular weight excluding hydrogens is 217 g/mol. The van der Waals surface area contributed by atoms with E-state index in [1.807, 2.05) is 0 Å². The summed E-state index contributed by atoms with van der Waals surface area (Å²) in [7, 11) is 1.41. The molecule has 78 valence electrons. The molecule has 0 saturated heterocycles. The van der Waals surface area contributed by atoms with E-state index in [1.54, 1.807) is 0 Å². The Balaban J connectivity index is 0.000000791. The number of benzene rings is 1. The van der Waals surface area contributed by atoms with Crippen LogP contribution in [0.5, 0.6) is 5.75 Å². The number of ether oxygens (including phenoxy) is 1. The number of alkyl halides is 3. The zero-order valence-corrected chi connectivity index (χ0v) is 7.98. The van der Waals surface area contributed by atoms with E-state index < -0.39 is 11.7 Å². The van der Waals surface area contributed by atoms with Gasteiger partial charge in [0.1, 0.15) is 5.75 Å². The number of hydrogen-bond donors (Lipinski definition) is 0. The Morgan fingerprint density at radius 3 is 1.86 bits per heavy atom. The molecule has 0 unspecified atom stereocenters. The predicted molar refractivity (Wildman–Crippen MR) is 46.1 cm³/mol. The van der Waals surface area contributed by atoms with E-state index in [2.05, 4.69) is 12.5 Å². The minimum absolute atomic E-state index is 0.419. The molecule has 0 fully saturated rings. The molecule has 2 nitrogen and oxygen atoms in total. The van der Waals surface area contributed by atoms with E-state index in [1.165, 1.54) is 19.2 Å². The zero-order chi connectivity index (χ0) is 11.2. The van der Waals surface area contributed by atoms with Gasteiger partial charge in [-0.05, 0) is 24.3 Å². The van der Waals surface area contributed by atoms with Gasteiger partial charge in [0.2, 0.25) is 0 Å². The summed E-state index contributed by atoms with van der Waals surface area (Å²) in [4.78, 5) is 0.